The van der Waals surface area contributed by atoms with Crippen LogP contribution in [0.4, 0.5) is 0 Å². The molecular formula is C20H29N3O5S2. The summed E-state index contributed by atoms with van der Waals surface area (Å²) in [6.45, 7) is 8.21. The number of nitrogens with one attached hydrogen (secondary N) is 1. The number of rotatable bonds is 7. The molecule has 1 unspecified atom stereocenters. The lowest BCUT2D eigenvalue weighted by molar-refractivity contribution is 0.0822. The van der Waals surface area contributed by atoms with Gasteiger partial charge in [-0.2, -0.15) is 0 Å². The zero-order valence-corrected chi connectivity index (χ0v) is 19.7. The number of hydrogen-bond acceptors (Lipinski definition) is 7. The van der Waals surface area contributed by atoms with Crippen molar-refractivity contribution in [1.29, 1.82) is 0 Å². The van der Waals surface area contributed by atoms with Gasteiger partial charge in [-0.3, -0.25) is 4.40 Å². The predicted molar refractivity (Wildman–Crippen MR) is 117 cm³/mol. The van der Waals surface area contributed by atoms with Gasteiger partial charge in [-0.15, -0.1) is 0 Å². The number of aromatic nitrogens is 2. The fourth-order valence-corrected chi connectivity index (χ4v) is 6.13. The highest BCUT2D eigenvalue weighted by atomic mass is 32.2. The zero-order valence-electron chi connectivity index (χ0n) is 18.1. The average Bonchev–Trinajstić information content (AvgIpc) is 3.17. The highest BCUT2D eigenvalue weighted by molar-refractivity contribution is 7.93. The lowest BCUT2D eigenvalue weighted by atomic mass is 9.95. The van der Waals surface area contributed by atoms with Gasteiger partial charge in [-0.05, 0) is 47.1 Å². The monoisotopic (exact) mass is 455 g/mol. The third kappa shape index (κ3) is 4.33. The topological polar surface area (TPSA) is 113 Å². The van der Waals surface area contributed by atoms with E-state index in [1.807, 2.05) is 17.5 Å². The Morgan fingerprint density at radius 2 is 2.03 bits per heavy atom. The SMILES string of the molecule is COC1=CCC(c2c(C)nc3sc(C(C)(C)O)cn23)C=C1S(=O)(=O)NC(C)(C)CO. The molecule has 10 heteroatoms. The number of imidazole rings is 1. The fraction of sp³-hybridized carbons (Fsp3) is 0.550. The lowest BCUT2D eigenvalue weighted by Gasteiger charge is -2.27. The van der Waals surface area contributed by atoms with Gasteiger partial charge in [0.1, 0.15) is 10.7 Å². The first-order valence-electron chi connectivity index (χ1n) is 9.61. The van der Waals surface area contributed by atoms with Gasteiger partial charge in [-0.25, -0.2) is 18.1 Å². The average molecular weight is 456 g/mol. The second-order valence-corrected chi connectivity index (χ2v) is 11.3. The molecule has 1 aliphatic carbocycles. The van der Waals surface area contributed by atoms with Crippen LogP contribution in [0.15, 0.2) is 29.0 Å². The molecule has 0 aromatic carbocycles. The number of fused-ring (bicyclic) bond motifs is 1. The maximum Gasteiger partial charge on any atom is 0.244 e. The molecule has 0 fully saturated rings. The minimum atomic E-state index is -3.93. The lowest BCUT2D eigenvalue weighted by Crippen LogP contribution is -2.46. The largest absolute Gasteiger partial charge is 0.496 e. The molecule has 0 radical (unpaired) electrons. The van der Waals surface area contributed by atoms with Crippen LogP contribution >= 0.6 is 11.3 Å². The van der Waals surface area contributed by atoms with Crippen molar-refractivity contribution in [2.24, 2.45) is 0 Å². The number of aliphatic hydroxyl groups excluding tert-OH is 1. The summed E-state index contributed by atoms with van der Waals surface area (Å²) < 4.78 is 35.9. The minimum absolute atomic E-state index is 0.0371. The molecule has 2 heterocycles. The standard InChI is InChI=1S/C20H29N3O5S2/c1-12-17(23-10-16(20(4,5)25)29-18(23)21-12)13-7-8-14(28-6)15(9-13)30(26,27)22-19(2,3)11-24/h8-10,13,22,24-25H,7,11H2,1-6H3. The van der Waals surface area contributed by atoms with Gasteiger partial charge in [0.25, 0.3) is 0 Å². The molecule has 30 heavy (non-hydrogen) atoms. The molecule has 8 nitrogen and oxygen atoms in total. The Morgan fingerprint density at radius 3 is 2.60 bits per heavy atom. The third-order valence-electron chi connectivity index (χ3n) is 4.97. The molecular weight excluding hydrogens is 426 g/mol. The van der Waals surface area contributed by atoms with E-state index in [0.29, 0.717) is 6.42 Å². The third-order valence-corrected chi connectivity index (χ3v) is 8.00. The summed E-state index contributed by atoms with van der Waals surface area (Å²) >= 11 is 1.41. The zero-order chi connectivity index (χ0) is 22.5. The van der Waals surface area contributed by atoms with E-state index in [0.717, 1.165) is 21.2 Å². The predicted octanol–water partition coefficient (Wildman–Crippen LogP) is 2.52. The molecule has 0 aliphatic heterocycles. The van der Waals surface area contributed by atoms with Gasteiger partial charge >= 0.3 is 0 Å². The Balaban J connectivity index is 2.09. The van der Waals surface area contributed by atoms with Crippen molar-refractivity contribution in [3.05, 3.63) is 45.3 Å². The Hall–Kier alpha value is -1.72. The maximum atomic E-state index is 13.1. The highest BCUT2D eigenvalue weighted by Gasteiger charge is 2.34. The van der Waals surface area contributed by atoms with Gasteiger partial charge < -0.3 is 14.9 Å². The minimum Gasteiger partial charge on any atom is -0.496 e. The quantitative estimate of drug-likeness (QED) is 0.591. The van der Waals surface area contributed by atoms with Crippen molar-refractivity contribution in [2.45, 2.75) is 58.1 Å². The van der Waals surface area contributed by atoms with E-state index in [4.69, 9.17) is 4.74 Å². The van der Waals surface area contributed by atoms with Gasteiger partial charge in [0.05, 0.1) is 41.1 Å². The normalized spacial score (nSPS) is 18.5. The van der Waals surface area contributed by atoms with Crippen molar-refractivity contribution < 1.29 is 23.4 Å². The van der Waals surface area contributed by atoms with Gasteiger partial charge in [0, 0.05) is 12.1 Å². The molecule has 1 aliphatic rings. The molecule has 0 saturated carbocycles. The van der Waals surface area contributed by atoms with Crippen LogP contribution in [0, 0.1) is 6.92 Å². The molecule has 1 atom stereocenters. The van der Waals surface area contributed by atoms with Crippen molar-refractivity contribution in [3.63, 3.8) is 0 Å². The summed E-state index contributed by atoms with van der Waals surface area (Å²) in [5.41, 5.74) is -0.326. The molecule has 3 N–H and O–H groups in total. The number of aryl methyl sites for hydroxylation is 1. The summed E-state index contributed by atoms with van der Waals surface area (Å²) in [7, 11) is -2.50. The molecule has 2 aromatic heterocycles. The van der Waals surface area contributed by atoms with E-state index in [9.17, 15) is 18.6 Å². The first-order valence-corrected chi connectivity index (χ1v) is 11.9. The molecule has 0 spiro atoms. The molecule has 0 saturated heterocycles. The Bertz CT molecular complexity index is 1120. The van der Waals surface area contributed by atoms with Gasteiger partial charge in [0.2, 0.25) is 10.0 Å². The molecule has 0 amide bonds. The van der Waals surface area contributed by atoms with Crippen LogP contribution < -0.4 is 4.72 Å². The van der Waals surface area contributed by atoms with E-state index in [1.54, 1.807) is 39.8 Å². The molecule has 0 bridgehead atoms. The summed E-state index contributed by atoms with van der Waals surface area (Å²) in [5, 5.41) is 19.8. The van der Waals surface area contributed by atoms with E-state index < -0.39 is 21.2 Å². The fourth-order valence-electron chi connectivity index (χ4n) is 3.42. The van der Waals surface area contributed by atoms with Crippen LogP contribution in [0.5, 0.6) is 0 Å². The van der Waals surface area contributed by atoms with Crippen LogP contribution in [-0.2, 0) is 20.4 Å². The second kappa shape index (κ2) is 7.76. The number of methoxy groups -OCH3 is 1. The number of aliphatic hydroxyl groups is 2. The number of hydrogen-bond donors (Lipinski definition) is 3. The van der Waals surface area contributed by atoms with E-state index in [2.05, 4.69) is 9.71 Å². The van der Waals surface area contributed by atoms with Crippen molar-refractivity contribution in [2.75, 3.05) is 13.7 Å². The van der Waals surface area contributed by atoms with Crippen LogP contribution in [0.1, 0.15) is 56.3 Å². The van der Waals surface area contributed by atoms with Crippen molar-refractivity contribution in [1.82, 2.24) is 14.1 Å². The number of ether oxygens (including phenoxy) is 1. The Morgan fingerprint density at radius 1 is 1.37 bits per heavy atom. The van der Waals surface area contributed by atoms with E-state index in [1.165, 1.54) is 18.4 Å². The first kappa shape index (κ1) is 23.0. The van der Waals surface area contributed by atoms with Crippen LogP contribution in [0.3, 0.4) is 0 Å². The molecule has 2 aromatic rings. The summed E-state index contributed by atoms with van der Waals surface area (Å²) in [4.78, 5) is 6.17. The van der Waals surface area contributed by atoms with Crippen LogP contribution in [-0.4, -0.2) is 47.3 Å². The molecule has 166 valence electrons. The van der Waals surface area contributed by atoms with E-state index >= 15 is 0 Å². The molecule has 3 rings (SSSR count). The Labute approximate surface area is 181 Å². The van der Waals surface area contributed by atoms with Gasteiger partial charge in [-0.1, -0.05) is 17.4 Å². The van der Waals surface area contributed by atoms with Crippen LogP contribution in [0.2, 0.25) is 0 Å². The second-order valence-electron chi connectivity index (χ2n) is 8.68. The Kier molecular flexibility index (Phi) is 5.94. The number of nitrogens with zero attached hydrogens (tertiary/aromatic N) is 2. The summed E-state index contributed by atoms with van der Waals surface area (Å²) in [5.74, 6) is 0.0281. The summed E-state index contributed by atoms with van der Waals surface area (Å²) in [6, 6.07) is 0. The van der Waals surface area contributed by atoms with Crippen molar-refractivity contribution >= 4 is 26.3 Å². The smallest absolute Gasteiger partial charge is 0.244 e. The summed E-state index contributed by atoms with van der Waals surface area (Å²) in [6.07, 6.45) is 5.84. The first-order chi connectivity index (χ1) is 13.8. The highest BCUT2D eigenvalue weighted by Crippen LogP contribution is 2.37. The maximum absolute atomic E-state index is 13.1. The number of allylic oxidation sites excluding steroid dienone is 2. The number of thiazole rings is 1. The van der Waals surface area contributed by atoms with Crippen molar-refractivity contribution in [3.8, 4) is 0 Å². The van der Waals surface area contributed by atoms with Gasteiger partial charge in [0.15, 0.2) is 4.96 Å². The van der Waals surface area contributed by atoms with E-state index in [-0.39, 0.29) is 23.2 Å². The van der Waals surface area contributed by atoms with Crippen LogP contribution in [0.25, 0.3) is 4.96 Å². The number of sulfonamides is 1.